The lowest BCUT2D eigenvalue weighted by Crippen LogP contribution is -2.25. The smallest absolute Gasteiger partial charge is 0.0991 e. The van der Waals surface area contributed by atoms with Crippen molar-refractivity contribution in [3.63, 3.8) is 0 Å². The highest BCUT2D eigenvalue weighted by atomic mass is 16.6. The fourth-order valence-electron chi connectivity index (χ4n) is 6.08. The maximum atomic E-state index is 8.97. The van der Waals surface area contributed by atoms with Crippen LogP contribution in [0.1, 0.15) is 74.8 Å². The molecule has 0 spiro atoms. The van der Waals surface area contributed by atoms with Crippen LogP contribution in [0.25, 0.3) is 11.1 Å². The van der Waals surface area contributed by atoms with E-state index in [0.717, 1.165) is 35.8 Å². The zero-order valence-corrected chi connectivity index (χ0v) is 17.9. The average molecular weight is 400 g/mol. The zero-order valence-electron chi connectivity index (χ0n) is 17.9. The first-order valence-electron chi connectivity index (χ1n) is 12.0. The van der Waals surface area contributed by atoms with Gasteiger partial charge < -0.3 is 4.74 Å². The fourth-order valence-corrected chi connectivity index (χ4v) is 6.08. The molecular formula is C28H33NO. The van der Waals surface area contributed by atoms with E-state index in [1.807, 2.05) is 24.3 Å². The lowest BCUT2D eigenvalue weighted by atomic mass is 9.68. The Morgan fingerprint density at radius 1 is 0.733 bits per heavy atom. The van der Waals surface area contributed by atoms with E-state index in [9.17, 15) is 0 Å². The van der Waals surface area contributed by atoms with Crippen LogP contribution in [0.4, 0.5) is 0 Å². The van der Waals surface area contributed by atoms with E-state index in [1.54, 1.807) is 0 Å². The summed E-state index contributed by atoms with van der Waals surface area (Å²) in [4.78, 5) is 0. The number of rotatable bonds is 5. The maximum Gasteiger partial charge on any atom is 0.0991 e. The minimum atomic E-state index is 0.616. The number of hydrogen-bond donors (Lipinski definition) is 0. The molecule has 1 atom stereocenters. The summed E-state index contributed by atoms with van der Waals surface area (Å²) in [5, 5.41) is 8.97. The van der Waals surface area contributed by atoms with Crippen molar-refractivity contribution in [1.82, 2.24) is 0 Å². The molecule has 1 saturated heterocycles. The van der Waals surface area contributed by atoms with Gasteiger partial charge in [0.05, 0.1) is 24.3 Å². The predicted octanol–water partition coefficient (Wildman–Crippen LogP) is 7.09. The van der Waals surface area contributed by atoms with E-state index in [0.29, 0.717) is 6.10 Å². The van der Waals surface area contributed by atoms with Gasteiger partial charge in [-0.15, -0.1) is 0 Å². The van der Waals surface area contributed by atoms with Crippen molar-refractivity contribution in [2.24, 2.45) is 17.8 Å². The van der Waals surface area contributed by atoms with Gasteiger partial charge in [0.2, 0.25) is 0 Å². The lowest BCUT2D eigenvalue weighted by molar-refractivity contribution is 0.152. The molecule has 0 radical (unpaired) electrons. The molecule has 1 heterocycles. The Labute approximate surface area is 181 Å². The molecule has 2 nitrogen and oxygen atoms in total. The molecule has 0 amide bonds. The molecule has 1 aliphatic heterocycles. The third kappa shape index (κ3) is 4.62. The fraction of sp³-hybridized carbons (Fsp3) is 0.536. The van der Waals surface area contributed by atoms with Gasteiger partial charge in [-0.2, -0.15) is 5.26 Å². The van der Waals surface area contributed by atoms with E-state index < -0.39 is 0 Å². The Morgan fingerprint density at radius 3 is 1.80 bits per heavy atom. The maximum absolute atomic E-state index is 8.97. The second-order valence-electron chi connectivity index (χ2n) is 9.89. The van der Waals surface area contributed by atoms with Crippen LogP contribution in [-0.4, -0.2) is 12.7 Å². The van der Waals surface area contributed by atoms with Crippen LogP contribution in [0.15, 0.2) is 48.5 Å². The van der Waals surface area contributed by atoms with Gasteiger partial charge in [0.1, 0.15) is 0 Å². The summed E-state index contributed by atoms with van der Waals surface area (Å²) >= 11 is 0. The van der Waals surface area contributed by atoms with Crippen molar-refractivity contribution < 1.29 is 4.74 Å². The van der Waals surface area contributed by atoms with Crippen LogP contribution >= 0.6 is 0 Å². The third-order valence-electron chi connectivity index (χ3n) is 8.06. The van der Waals surface area contributed by atoms with Gasteiger partial charge in [-0.1, -0.05) is 49.2 Å². The Bertz CT molecular complexity index is 858. The minimum Gasteiger partial charge on any atom is -0.373 e. The summed E-state index contributed by atoms with van der Waals surface area (Å²) < 4.78 is 5.44. The molecule has 5 rings (SSSR count). The topological polar surface area (TPSA) is 36.3 Å². The molecule has 3 aliphatic rings. The summed E-state index contributed by atoms with van der Waals surface area (Å²) in [7, 11) is 0. The van der Waals surface area contributed by atoms with Crippen molar-refractivity contribution in [1.29, 1.82) is 5.26 Å². The summed E-state index contributed by atoms with van der Waals surface area (Å²) in [6.07, 6.45) is 13.3. The monoisotopic (exact) mass is 399 g/mol. The number of epoxide rings is 1. The van der Waals surface area contributed by atoms with Crippen LogP contribution < -0.4 is 0 Å². The molecule has 1 unspecified atom stereocenters. The number of nitriles is 1. The molecule has 0 aromatic heterocycles. The molecule has 2 saturated carbocycles. The zero-order chi connectivity index (χ0) is 20.3. The molecule has 2 aliphatic carbocycles. The number of benzene rings is 2. The summed E-state index contributed by atoms with van der Waals surface area (Å²) in [6.45, 7) is 1.03. The number of hydrogen-bond acceptors (Lipinski definition) is 2. The summed E-state index contributed by atoms with van der Waals surface area (Å²) in [5.41, 5.74) is 4.66. The van der Waals surface area contributed by atoms with Gasteiger partial charge >= 0.3 is 0 Å². The average Bonchev–Trinajstić information content (AvgIpc) is 3.64. The van der Waals surface area contributed by atoms with Gasteiger partial charge in [0, 0.05) is 0 Å². The highest BCUT2D eigenvalue weighted by Gasteiger charge is 2.33. The normalized spacial score (nSPS) is 31.1. The van der Waals surface area contributed by atoms with Gasteiger partial charge in [-0.3, -0.25) is 0 Å². The van der Waals surface area contributed by atoms with E-state index in [2.05, 4.69) is 30.3 Å². The molecule has 3 fully saturated rings. The first-order valence-corrected chi connectivity index (χ1v) is 12.0. The van der Waals surface area contributed by atoms with Crippen LogP contribution in [0.2, 0.25) is 0 Å². The van der Waals surface area contributed by atoms with Crippen LogP contribution in [0.5, 0.6) is 0 Å². The second-order valence-corrected chi connectivity index (χ2v) is 9.89. The van der Waals surface area contributed by atoms with Crippen LogP contribution in [0.3, 0.4) is 0 Å². The first-order chi connectivity index (χ1) is 14.8. The van der Waals surface area contributed by atoms with Crippen molar-refractivity contribution in [2.75, 3.05) is 6.61 Å². The molecule has 0 bridgehead atoms. The molecule has 30 heavy (non-hydrogen) atoms. The Balaban J connectivity index is 1.12. The van der Waals surface area contributed by atoms with Crippen molar-refractivity contribution >= 4 is 0 Å². The molecule has 2 aromatic carbocycles. The summed E-state index contributed by atoms with van der Waals surface area (Å²) in [5.74, 6) is 3.64. The molecular weight excluding hydrogens is 366 g/mol. The van der Waals surface area contributed by atoms with E-state index in [4.69, 9.17) is 10.00 Å². The largest absolute Gasteiger partial charge is 0.373 e. The summed E-state index contributed by atoms with van der Waals surface area (Å²) in [6, 6.07) is 19.3. The highest BCUT2D eigenvalue weighted by Crippen LogP contribution is 2.45. The number of ether oxygens (including phenoxy) is 1. The molecule has 2 heteroatoms. The van der Waals surface area contributed by atoms with Gasteiger partial charge in [0.15, 0.2) is 0 Å². The highest BCUT2D eigenvalue weighted by molar-refractivity contribution is 5.64. The van der Waals surface area contributed by atoms with E-state index in [-0.39, 0.29) is 0 Å². The Morgan fingerprint density at radius 2 is 1.27 bits per heavy atom. The van der Waals surface area contributed by atoms with Crippen LogP contribution in [0, 0.1) is 29.1 Å². The van der Waals surface area contributed by atoms with E-state index >= 15 is 0 Å². The SMILES string of the molecule is N#Cc1ccc(-c2ccc(C3CCC(C4CCC(CC5CO5)CC4)CC3)cc2)cc1. The number of nitrogens with zero attached hydrogens (tertiary/aromatic N) is 1. The van der Waals surface area contributed by atoms with Crippen molar-refractivity contribution in [3.05, 3.63) is 59.7 Å². The van der Waals surface area contributed by atoms with Gasteiger partial charge in [-0.25, -0.2) is 0 Å². The van der Waals surface area contributed by atoms with Crippen molar-refractivity contribution in [2.45, 2.75) is 69.8 Å². The quantitative estimate of drug-likeness (QED) is 0.503. The Kier molecular flexibility index (Phi) is 5.91. The third-order valence-corrected chi connectivity index (χ3v) is 8.06. The minimum absolute atomic E-state index is 0.616. The van der Waals surface area contributed by atoms with Crippen LogP contribution in [-0.2, 0) is 4.74 Å². The molecule has 2 aromatic rings. The first kappa shape index (κ1) is 19.8. The van der Waals surface area contributed by atoms with Gasteiger partial charge in [-0.05, 0) is 97.4 Å². The van der Waals surface area contributed by atoms with E-state index in [1.165, 1.54) is 74.5 Å². The standard InChI is InChI=1S/C28H33NO/c29-18-21-3-7-23(8-4-21)25-11-15-27(16-12-25)26-13-9-24(10-14-26)22-5-1-20(2-6-22)17-28-19-30-28/h3-4,7-8,11-12,15-16,20,22,24,26,28H,1-2,5-6,9-10,13-14,17,19H2. The Hall–Kier alpha value is -2.11. The molecule has 0 N–H and O–H groups in total. The lowest BCUT2D eigenvalue weighted by Gasteiger charge is -2.38. The van der Waals surface area contributed by atoms with Gasteiger partial charge in [0.25, 0.3) is 0 Å². The second kappa shape index (κ2) is 8.94. The predicted molar refractivity (Wildman–Crippen MR) is 121 cm³/mol. The molecule has 156 valence electrons. The van der Waals surface area contributed by atoms with Crippen molar-refractivity contribution in [3.8, 4) is 17.2 Å².